The molecule has 0 aliphatic heterocycles. The van der Waals surface area contributed by atoms with Gasteiger partial charge in [-0.05, 0) is 49.1 Å². The molecule has 0 bridgehead atoms. The summed E-state index contributed by atoms with van der Waals surface area (Å²) in [5.74, 6) is 1.77. The smallest absolute Gasteiger partial charge is 0.164 e. The third-order valence-electron chi connectivity index (χ3n) is 5.63. The van der Waals surface area contributed by atoms with Crippen molar-refractivity contribution >= 4 is 16.9 Å². The van der Waals surface area contributed by atoms with Crippen molar-refractivity contribution in [2.45, 2.75) is 25.8 Å². The zero-order valence-corrected chi connectivity index (χ0v) is 17.0. The van der Waals surface area contributed by atoms with Crippen LogP contribution in [0.25, 0.3) is 22.3 Å². The molecule has 0 saturated carbocycles. The van der Waals surface area contributed by atoms with Crippen LogP contribution in [0.3, 0.4) is 0 Å². The lowest BCUT2D eigenvalue weighted by Crippen LogP contribution is -2.11. The molecule has 0 spiro atoms. The second-order valence-electron chi connectivity index (χ2n) is 7.38. The Morgan fingerprint density at radius 1 is 1.07 bits per heavy atom. The van der Waals surface area contributed by atoms with Crippen LogP contribution in [0.2, 0.25) is 0 Å². The lowest BCUT2D eigenvalue weighted by molar-refractivity contribution is 0.311. The van der Waals surface area contributed by atoms with Gasteiger partial charge in [0.1, 0.15) is 17.8 Å². The molecule has 4 aromatic rings. The maximum Gasteiger partial charge on any atom is 0.164 e. The average Bonchev–Trinajstić information content (AvgIpc) is 3.36. The number of ether oxygens (including phenoxy) is 2. The zero-order valence-electron chi connectivity index (χ0n) is 17.0. The molecule has 2 N–H and O–H groups in total. The van der Waals surface area contributed by atoms with E-state index in [0.717, 1.165) is 35.1 Å². The number of nitrogens with zero attached hydrogens (tertiary/aromatic N) is 4. The van der Waals surface area contributed by atoms with E-state index < -0.39 is 0 Å². The number of fused-ring (bicyclic) bond motifs is 2. The second-order valence-corrected chi connectivity index (χ2v) is 7.38. The number of hydrogen-bond acceptors (Lipinski definition) is 6. The van der Waals surface area contributed by atoms with Crippen LogP contribution in [0, 0.1) is 0 Å². The highest BCUT2D eigenvalue weighted by Crippen LogP contribution is 2.38. The quantitative estimate of drug-likeness (QED) is 0.547. The van der Waals surface area contributed by atoms with Crippen molar-refractivity contribution in [2.24, 2.45) is 0 Å². The lowest BCUT2D eigenvalue weighted by Gasteiger charge is -2.11. The Hall–Kier alpha value is -3.61. The van der Waals surface area contributed by atoms with Gasteiger partial charge in [0, 0.05) is 5.56 Å². The summed E-state index contributed by atoms with van der Waals surface area (Å²) in [4.78, 5) is 8.76. The normalized spacial score (nSPS) is 13.5. The van der Waals surface area contributed by atoms with Crippen molar-refractivity contribution in [2.75, 3.05) is 19.5 Å². The minimum Gasteiger partial charge on any atom is -0.493 e. The van der Waals surface area contributed by atoms with E-state index in [1.54, 1.807) is 7.11 Å². The SMILES string of the molecule is CCOc1ccc(-c2nn(C3Cc4ccccc4C3)c3ncnc(N)c23)cc1OC. The Balaban J connectivity index is 1.64. The van der Waals surface area contributed by atoms with Gasteiger partial charge in [-0.3, -0.25) is 0 Å². The molecule has 7 heteroatoms. The fourth-order valence-electron chi connectivity index (χ4n) is 4.25. The van der Waals surface area contributed by atoms with Crippen molar-refractivity contribution in [3.8, 4) is 22.8 Å². The third-order valence-corrected chi connectivity index (χ3v) is 5.63. The van der Waals surface area contributed by atoms with Gasteiger partial charge >= 0.3 is 0 Å². The largest absolute Gasteiger partial charge is 0.493 e. The number of aromatic nitrogens is 4. The van der Waals surface area contributed by atoms with E-state index >= 15 is 0 Å². The summed E-state index contributed by atoms with van der Waals surface area (Å²) in [6.07, 6.45) is 3.34. The van der Waals surface area contributed by atoms with Crippen molar-refractivity contribution in [3.05, 3.63) is 59.9 Å². The minimum absolute atomic E-state index is 0.192. The highest BCUT2D eigenvalue weighted by molar-refractivity contribution is 5.98. The Labute approximate surface area is 174 Å². The van der Waals surface area contributed by atoms with E-state index in [2.05, 4.69) is 34.2 Å². The van der Waals surface area contributed by atoms with Crippen molar-refractivity contribution in [1.82, 2.24) is 19.7 Å². The first-order chi connectivity index (χ1) is 14.7. The lowest BCUT2D eigenvalue weighted by atomic mass is 10.1. The molecular formula is C23H23N5O2. The van der Waals surface area contributed by atoms with Crippen LogP contribution in [-0.4, -0.2) is 33.5 Å². The van der Waals surface area contributed by atoms with Gasteiger partial charge in [-0.1, -0.05) is 24.3 Å². The molecule has 1 aliphatic rings. The number of nitrogens with two attached hydrogens (primary N) is 1. The predicted octanol–water partition coefficient (Wildman–Crippen LogP) is 3.82. The summed E-state index contributed by atoms with van der Waals surface area (Å²) in [6, 6.07) is 14.5. The maximum absolute atomic E-state index is 6.28. The Bertz CT molecular complexity index is 1210. The first-order valence-corrected chi connectivity index (χ1v) is 10.1. The third kappa shape index (κ3) is 2.94. The fourth-order valence-corrected chi connectivity index (χ4v) is 4.25. The first kappa shape index (κ1) is 18.4. The maximum atomic E-state index is 6.28. The van der Waals surface area contributed by atoms with Crippen LogP contribution in [0.5, 0.6) is 11.5 Å². The predicted molar refractivity (Wildman–Crippen MR) is 116 cm³/mol. The molecule has 0 saturated heterocycles. The highest BCUT2D eigenvalue weighted by atomic mass is 16.5. The Morgan fingerprint density at radius 3 is 2.53 bits per heavy atom. The van der Waals surface area contributed by atoms with E-state index in [9.17, 15) is 0 Å². The summed E-state index contributed by atoms with van der Waals surface area (Å²) in [5, 5.41) is 5.74. The number of hydrogen-bond donors (Lipinski definition) is 1. The van der Waals surface area contributed by atoms with Gasteiger partial charge in [-0.15, -0.1) is 0 Å². The molecule has 1 aliphatic carbocycles. The van der Waals surface area contributed by atoms with Crippen molar-refractivity contribution < 1.29 is 9.47 Å². The molecule has 0 unspecified atom stereocenters. The summed E-state index contributed by atoms with van der Waals surface area (Å²) < 4.78 is 13.2. The topological polar surface area (TPSA) is 88.1 Å². The van der Waals surface area contributed by atoms with Gasteiger partial charge in [0.05, 0.1) is 25.1 Å². The molecule has 0 fully saturated rings. The van der Waals surface area contributed by atoms with Crippen molar-refractivity contribution in [3.63, 3.8) is 0 Å². The number of rotatable bonds is 5. The van der Waals surface area contributed by atoms with Crippen LogP contribution in [-0.2, 0) is 12.8 Å². The molecule has 2 aromatic heterocycles. The van der Waals surface area contributed by atoms with Crippen molar-refractivity contribution in [1.29, 1.82) is 0 Å². The van der Waals surface area contributed by atoms with E-state index in [1.807, 2.05) is 29.8 Å². The number of methoxy groups -OCH3 is 1. The van der Waals surface area contributed by atoms with Crippen LogP contribution in [0.4, 0.5) is 5.82 Å². The molecule has 2 aromatic carbocycles. The monoisotopic (exact) mass is 401 g/mol. The molecule has 152 valence electrons. The minimum atomic E-state index is 0.192. The molecule has 30 heavy (non-hydrogen) atoms. The van der Waals surface area contributed by atoms with Gasteiger partial charge < -0.3 is 15.2 Å². The molecule has 5 rings (SSSR count). The number of benzene rings is 2. The van der Waals surface area contributed by atoms with E-state index in [0.29, 0.717) is 23.9 Å². The molecule has 2 heterocycles. The molecule has 0 atom stereocenters. The van der Waals surface area contributed by atoms with Crippen LogP contribution in [0.1, 0.15) is 24.1 Å². The fraction of sp³-hybridized carbons (Fsp3) is 0.261. The average molecular weight is 401 g/mol. The highest BCUT2D eigenvalue weighted by Gasteiger charge is 2.27. The standard InChI is InChI=1S/C23H23N5O2/c1-3-30-18-9-8-16(12-19(18)29-2)21-20-22(24)25-13-26-23(20)28(27-21)17-10-14-6-4-5-7-15(14)11-17/h4-9,12-13,17H,3,10-11H2,1-2H3,(H2,24,25,26). The van der Waals surface area contributed by atoms with Crippen LogP contribution >= 0.6 is 0 Å². The van der Waals surface area contributed by atoms with Gasteiger partial charge in [0.25, 0.3) is 0 Å². The van der Waals surface area contributed by atoms with E-state index in [4.69, 9.17) is 20.3 Å². The van der Waals surface area contributed by atoms with Crippen LogP contribution < -0.4 is 15.2 Å². The molecule has 7 nitrogen and oxygen atoms in total. The number of nitrogen functional groups attached to an aromatic ring is 1. The van der Waals surface area contributed by atoms with E-state index in [1.165, 1.54) is 17.5 Å². The molecule has 0 radical (unpaired) electrons. The van der Waals surface area contributed by atoms with Gasteiger partial charge in [-0.25, -0.2) is 14.6 Å². The zero-order chi connectivity index (χ0) is 20.7. The summed E-state index contributed by atoms with van der Waals surface area (Å²) in [5.41, 5.74) is 11.4. The van der Waals surface area contributed by atoms with Gasteiger partial charge in [-0.2, -0.15) is 5.10 Å². The summed E-state index contributed by atoms with van der Waals surface area (Å²) in [6.45, 7) is 2.51. The van der Waals surface area contributed by atoms with Crippen LogP contribution in [0.15, 0.2) is 48.8 Å². The summed E-state index contributed by atoms with van der Waals surface area (Å²) >= 11 is 0. The Morgan fingerprint density at radius 2 is 1.83 bits per heavy atom. The van der Waals surface area contributed by atoms with Gasteiger partial charge in [0.2, 0.25) is 0 Å². The van der Waals surface area contributed by atoms with Gasteiger partial charge in [0.15, 0.2) is 17.1 Å². The number of anilines is 1. The molecular weight excluding hydrogens is 378 g/mol. The first-order valence-electron chi connectivity index (χ1n) is 10.1. The summed E-state index contributed by atoms with van der Waals surface area (Å²) in [7, 11) is 1.63. The molecule has 0 amide bonds. The Kier molecular flexibility index (Phi) is 4.50. The second kappa shape index (κ2) is 7.33. The van der Waals surface area contributed by atoms with E-state index in [-0.39, 0.29) is 6.04 Å².